The smallest absolute Gasteiger partial charge is 0.330 e. The molecule has 0 radical (unpaired) electrons. The highest BCUT2D eigenvalue weighted by molar-refractivity contribution is 5.71. The number of hydrogen-bond acceptors (Lipinski definition) is 5. The quantitative estimate of drug-likeness (QED) is 0.606. The Labute approximate surface area is 100 Å². The van der Waals surface area contributed by atoms with Gasteiger partial charge in [-0.25, -0.2) is 4.79 Å². The molecule has 3 atom stereocenters. The number of nitrogens with one attached hydrogen (secondary N) is 1. The first-order valence-electron chi connectivity index (χ1n) is 5.33. The van der Waals surface area contributed by atoms with Gasteiger partial charge in [-0.2, -0.15) is 0 Å². The third-order valence-corrected chi connectivity index (χ3v) is 2.89. The Bertz CT molecular complexity index is 562. The van der Waals surface area contributed by atoms with Crippen molar-refractivity contribution in [1.82, 2.24) is 9.55 Å². The molecule has 2 rings (SSSR count). The van der Waals surface area contributed by atoms with Crippen molar-refractivity contribution in [2.45, 2.75) is 18.8 Å². The lowest BCUT2D eigenvalue weighted by molar-refractivity contribution is -0.144. The minimum absolute atomic E-state index is 0.0620. The van der Waals surface area contributed by atoms with E-state index in [1.807, 2.05) is 0 Å². The Balaban J connectivity index is 2.28. The van der Waals surface area contributed by atoms with Crippen LogP contribution in [0.5, 0.6) is 0 Å². The van der Waals surface area contributed by atoms with Crippen molar-refractivity contribution >= 4 is 5.97 Å². The lowest BCUT2D eigenvalue weighted by atomic mass is 10.0. The molecule has 1 fully saturated rings. The first-order valence-corrected chi connectivity index (χ1v) is 5.33. The summed E-state index contributed by atoms with van der Waals surface area (Å²) in [7, 11) is 0. The molecule has 8 nitrogen and oxygen atoms in total. The van der Waals surface area contributed by atoms with Crippen molar-refractivity contribution in [3.05, 3.63) is 33.1 Å². The Hall–Kier alpha value is -1.93. The Morgan fingerprint density at radius 1 is 1.56 bits per heavy atom. The number of carboxylic acids is 1. The van der Waals surface area contributed by atoms with Crippen molar-refractivity contribution < 1.29 is 19.7 Å². The van der Waals surface area contributed by atoms with Crippen LogP contribution in [0, 0.1) is 5.92 Å². The van der Waals surface area contributed by atoms with Crippen LogP contribution in [0.1, 0.15) is 12.6 Å². The van der Waals surface area contributed by atoms with Crippen molar-refractivity contribution in [2.75, 3.05) is 6.61 Å². The topological polar surface area (TPSA) is 122 Å². The number of H-pyrrole nitrogens is 1. The predicted molar refractivity (Wildman–Crippen MR) is 58.1 cm³/mol. The van der Waals surface area contributed by atoms with E-state index in [0.29, 0.717) is 0 Å². The number of aliphatic carboxylic acids is 1. The number of aromatic nitrogens is 2. The minimum atomic E-state index is -1.09. The van der Waals surface area contributed by atoms with Crippen LogP contribution in [0.15, 0.2) is 21.9 Å². The first kappa shape index (κ1) is 12.5. The molecule has 0 saturated carbocycles. The molecule has 1 aromatic rings. The number of carbonyl (C=O) groups is 1. The number of aliphatic hydroxyl groups excluding tert-OH is 1. The van der Waals surface area contributed by atoms with E-state index in [9.17, 15) is 14.4 Å². The van der Waals surface area contributed by atoms with Crippen LogP contribution < -0.4 is 11.2 Å². The van der Waals surface area contributed by atoms with Gasteiger partial charge >= 0.3 is 11.7 Å². The Morgan fingerprint density at radius 2 is 2.28 bits per heavy atom. The van der Waals surface area contributed by atoms with Gasteiger partial charge in [-0.15, -0.1) is 0 Å². The maximum atomic E-state index is 11.5. The first-order chi connectivity index (χ1) is 8.52. The van der Waals surface area contributed by atoms with Gasteiger partial charge in [0, 0.05) is 18.7 Å². The van der Waals surface area contributed by atoms with Crippen LogP contribution >= 0.6 is 0 Å². The van der Waals surface area contributed by atoms with E-state index < -0.39 is 42.1 Å². The maximum absolute atomic E-state index is 11.5. The fourth-order valence-electron chi connectivity index (χ4n) is 1.98. The van der Waals surface area contributed by atoms with E-state index in [1.54, 1.807) is 0 Å². The van der Waals surface area contributed by atoms with Gasteiger partial charge in [-0.3, -0.25) is 19.1 Å². The summed E-state index contributed by atoms with van der Waals surface area (Å²) in [5.74, 6) is -1.96. The molecule has 8 heteroatoms. The molecule has 18 heavy (non-hydrogen) atoms. The molecule has 0 aliphatic carbocycles. The van der Waals surface area contributed by atoms with Gasteiger partial charge < -0.3 is 14.9 Å². The molecule has 1 saturated heterocycles. The van der Waals surface area contributed by atoms with Gasteiger partial charge in [0.2, 0.25) is 0 Å². The number of aliphatic hydroxyl groups is 1. The summed E-state index contributed by atoms with van der Waals surface area (Å²) in [6, 6.07) is 1.15. The van der Waals surface area contributed by atoms with Gasteiger partial charge in [0.25, 0.3) is 5.56 Å². The summed E-state index contributed by atoms with van der Waals surface area (Å²) in [6.45, 7) is -0.439. The van der Waals surface area contributed by atoms with Crippen LogP contribution in [0.4, 0.5) is 0 Å². The van der Waals surface area contributed by atoms with E-state index in [0.717, 1.165) is 10.6 Å². The van der Waals surface area contributed by atoms with Gasteiger partial charge in [-0.1, -0.05) is 0 Å². The van der Waals surface area contributed by atoms with Crippen LogP contribution in [0.25, 0.3) is 0 Å². The average Bonchev–Trinajstić information content (AvgIpc) is 2.73. The Kier molecular flexibility index (Phi) is 3.30. The molecule has 0 spiro atoms. The standard InChI is InChI=1S/C10H12N2O6/c13-4-6-5(9(15)16)3-8(18-6)12-2-1-7(14)11-10(12)17/h1-2,5-6,8,13H,3-4H2,(H,15,16)(H,11,14,17)/t5-,6+,8+/m0/s1. The molecule has 2 heterocycles. The number of nitrogens with zero attached hydrogens (tertiary/aromatic N) is 1. The maximum Gasteiger partial charge on any atom is 0.330 e. The number of rotatable bonds is 3. The Morgan fingerprint density at radius 3 is 2.78 bits per heavy atom. The summed E-state index contributed by atoms with van der Waals surface area (Å²) < 4.78 is 6.41. The molecule has 1 aliphatic heterocycles. The van der Waals surface area contributed by atoms with Gasteiger partial charge in [0.1, 0.15) is 6.23 Å². The van der Waals surface area contributed by atoms with Crippen molar-refractivity contribution in [3.63, 3.8) is 0 Å². The summed E-state index contributed by atoms with van der Waals surface area (Å²) in [6.07, 6.45) is -0.351. The second-order valence-electron chi connectivity index (χ2n) is 4.01. The molecule has 1 aliphatic rings. The van der Waals surface area contributed by atoms with Crippen LogP contribution in [0.2, 0.25) is 0 Å². The summed E-state index contributed by atoms with van der Waals surface area (Å²) >= 11 is 0. The zero-order valence-electron chi connectivity index (χ0n) is 9.28. The second kappa shape index (κ2) is 4.75. The molecular formula is C10H12N2O6. The summed E-state index contributed by atoms with van der Waals surface area (Å²) in [5, 5.41) is 18.0. The number of carboxylic acid groups (broad SMARTS) is 1. The third kappa shape index (κ3) is 2.20. The third-order valence-electron chi connectivity index (χ3n) is 2.89. The van der Waals surface area contributed by atoms with E-state index in [4.69, 9.17) is 14.9 Å². The number of hydrogen-bond donors (Lipinski definition) is 3. The second-order valence-corrected chi connectivity index (χ2v) is 4.01. The van der Waals surface area contributed by atoms with Crippen molar-refractivity contribution in [3.8, 4) is 0 Å². The highest BCUT2D eigenvalue weighted by Gasteiger charge is 2.40. The predicted octanol–water partition coefficient (Wildman–Crippen LogP) is -1.48. The highest BCUT2D eigenvalue weighted by Crippen LogP contribution is 2.32. The zero-order valence-corrected chi connectivity index (χ0v) is 9.28. The summed E-state index contributed by atoms with van der Waals surface area (Å²) in [4.78, 5) is 35.4. The molecule has 0 unspecified atom stereocenters. The van der Waals surface area contributed by atoms with Crippen molar-refractivity contribution in [2.24, 2.45) is 5.92 Å². The molecular weight excluding hydrogens is 244 g/mol. The highest BCUT2D eigenvalue weighted by atomic mass is 16.5. The van der Waals surface area contributed by atoms with Crippen molar-refractivity contribution in [1.29, 1.82) is 0 Å². The van der Waals surface area contributed by atoms with Crippen LogP contribution in [0.3, 0.4) is 0 Å². The molecule has 0 aromatic carbocycles. The lowest BCUT2D eigenvalue weighted by Gasteiger charge is -2.13. The van der Waals surface area contributed by atoms with Crippen LogP contribution in [-0.4, -0.2) is 38.4 Å². The SMILES string of the molecule is O=C(O)[C@H]1C[C@H](n2ccc(=O)[nH]c2=O)O[C@@H]1CO. The fourth-order valence-corrected chi connectivity index (χ4v) is 1.98. The van der Waals surface area contributed by atoms with E-state index in [-0.39, 0.29) is 6.42 Å². The average molecular weight is 256 g/mol. The lowest BCUT2D eigenvalue weighted by Crippen LogP contribution is -2.31. The van der Waals surface area contributed by atoms with Gasteiger partial charge in [0.15, 0.2) is 0 Å². The molecule has 98 valence electrons. The monoisotopic (exact) mass is 256 g/mol. The van der Waals surface area contributed by atoms with E-state index in [1.165, 1.54) is 6.20 Å². The molecule has 0 bridgehead atoms. The number of aromatic amines is 1. The number of ether oxygens (including phenoxy) is 1. The zero-order chi connectivity index (χ0) is 13.3. The van der Waals surface area contributed by atoms with Crippen LogP contribution in [-0.2, 0) is 9.53 Å². The van der Waals surface area contributed by atoms with E-state index >= 15 is 0 Å². The van der Waals surface area contributed by atoms with Gasteiger partial charge in [-0.05, 0) is 0 Å². The molecule has 3 N–H and O–H groups in total. The molecule has 1 aromatic heterocycles. The normalized spacial score (nSPS) is 27.3. The van der Waals surface area contributed by atoms with E-state index in [2.05, 4.69) is 4.98 Å². The minimum Gasteiger partial charge on any atom is -0.481 e. The fraction of sp³-hybridized carbons (Fsp3) is 0.500. The van der Waals surface area contributed by atoms with Gasteiger partial charge in [0.05, 0.1) is 18.6 Å². The summed E-state index contributed by atoms with van der Waals surface area (Å²) in [5.41, 5.74) is -1.21. The molecule has 0 amide bonds. The largest absolute Gasteiger partial charge is 0.481 e.